The number of fused-ring (bicyclic) bond motifs is 5. The molecule has 0 heterocycles. The molecule has 0 saturated heterocycles. The topological polar surface area (TPSA) is 40.5 Å². The predicted molar refractivity (Wildman–Crippen MR) is 92.9 cm³/mol. The fourth-order valence-electron chi connectivity index (χ4n) is 7.88. The lowest BCUT2D eigenvalue weighted by Gasteiger charge is -2.60. The van der Waals surface area contributed by atoms with Crippen molar-refractivity contribution >= 4 is 0 Å². The van der Waals surface area contributed by atoms with Gasteiger partial charge >= 0.3 is 0 Å². The van der Waals surface area contributed by atoms with Crippen molar-refractivity contribution in [1.29, 1.82) is 0 Å². The van der Waals surface area contributed by atoms with Crippen LogP contribution in [-0.4, -0.2) is 21.9 Å². The Morgan fingerprint density at radius 3 is 2.48 bits per heavy atom. The summed E-state index contributed by atoms with van der Waals surface area (Å²) in [4.78, 5) is 0. The Hall–Kier alpha value is -0.0800. The lowest BCUT2D eigenvalue weighted by Crippen LogP contribution is -2.58. The average molecular weight is 321 g/mol. The monoisotopic (exact) mass is 320 g/mol. The van der Waals surface area contributed by atoms with Gasteiger partial charge in [-0.25, -0.2) is 0 Å². The molecule has 4 aliphatic carbocycles. The standard InChI is InChI=1S/C21H36O2/c1-13-8-11-21(23)15(12-13)4-5-16-18-7-6-17(14(2)22)20(18,3)10-9-19(16)21/h13-19,22-23H,4-12H2,1-3H3/t13?,14?,15?,16?,17?,18?,19?,20?,21-/m1/s1. The molecule has 0 spiro atoms. The van der Waals surface area contributed by atoms with Crippen LogP contribution >= 0.6 is 0 Å². The van der Waals surface area contributed by atoms with Crippen LogP contribution in [0, 0.1) is 40.9 Å². The molecular weight excluding hydrogens is 284 g/mol. The SMILES string of the molecule is CC1CC[C@@]2(O)C(CCC3C4CCC(C(C)O)C4(C)CCC32)C1. The van der Waals surface area contributed by atoms with E-state index in [4.69, 9.17) is 0 Å². The van der Waals surface area contributed by atoms with Gasteiger partial charge in [0.2, 0.25) is 0 Å². The Kier molecular flexibility index (Phi) is 3.89. The Morgan fingerprint density at radius 1 is 0.957 bits per heavy atom. The number of hydrogen-bond acceptors (Lipinski definition) is 2. The summed E-state index contributed by atoms with van der Waals surface area (Å²) in [7, 11) is 0. The minimum atomic E-state index is -0.361. The summed E-state index contributed by atoms with van der Waals surface area (Å²) < 4.78 is 0. The molecule has 9 atom stereocenters. The van der Waals surface area contributed by atoms with Gasteiger partial charge in [-0.1, -0.05) is 13.8 Å². The molecule has 0 aromatic rings. The maximum Gasteiger partial charge on any atom is 0.0706 e. The van der Waals surface area contributed by atoms with Crippen molar-refractivity contribution in [2.24, 2.45) is 40.9 Å². The highest BCUT2D eigenvalue weighted by molar-refractivity contribution is 5.11. The zero-order valence-electron chi connectivity index (χ0n) is 15.3. The average Bonchev–Trinajstić information content (AvgIpc) is 2.85. The van der Waals surface area contributed by atoms with Gasteiger partial charge in [-0.05, 0) is 106 Å². The molecule has 8 unspecified atom stereocenters. The second-order valence-electron chi connectivity index (χ2n) is 9.99. The lowest BCUT2D eigenvalue weighted by molar-refractivity contribution is -0.183. The van der Waals surface area contributed by atoms with Gasteiger partial charge in [0.25, 0.3) is 0 Å². The summed E-state index contributed by atoms with van der Waals surface area (Å²) in [5, 5.41) is 21.9. The van der Waals surface area contributed by atoms with Crippen LogP contribution in [0.2, 0.25) is 0 Å². The minimum Gasteiger partial charge on any atom is -0.393 e. The third-order valence-electron chi connectivity index (χ3n) is 9.01. The number of aliphatic hydroxyl groups excluding tert-OH is 1. The Labute approximate surface area is 142 Å². The zero-order chi connectivity index (χ0) is 16.4. The van der Waals surface area contributed by atoms with E-state index < -0.39 is 0 Å². The maximum atomic E-state index is 11.6. The molecule has 132 valence electrons. The first-order chi connectivity index (χ1) is 10.9. The van der Waals surface area contributed by atoms with E-state index in [0.717, 1.165) is 18.3 Å². The van der Waals surface area contributed by atoms with E-state index in [2.05, 4.69) is 13.8 Å². The van der Waals surface area contributed by atoms with Crippen molar-refractivity contribution in [2.45, 2.75) is 90.3 Å². The summed E-state index contributed by atoms with van der Waals surface area (Å²) >= 11 is 0. The minimum absolute atomic E-state index is 0.170. The van der Waals surface area contributed by atoms with Gasteiger partial charge in [0.05, 0.1) is 11.7 Å². The molecular formula is C21H36O2. The molecule has 4 saturated carbocycles. The highest BCUT2D eigenvalue weighted by Gasteiger charge is 2.61. The van der Waals surface area contributed by atoms with Crippen LogP contribution in [0.25, 0.3) is 0 Å². The van der Waals surface area contributed by atoms with E-state index in [9.17, 15) is 10.2 Å². The van der Waals surface area contributed by atoms with Gasteiger partial charge in [0, 0.05) is 0 Å². The first kappa shape index (κ1) is 16.4. The van der Waals surface area contributed by atoms with Crippen molar-refractivity contribution in [2.75, 3.05) is 0 Å². The van der Waals surface area contributed by atoms with Crippen molar-refractivity contribution < 1.29 is 10.2 Å². The number of aliphatic hydroxyl groups is 2. The first-order valence-electron chi connectivity index (χ1n) is 10.3. The van der Waals surface area contributed by atoms with Gasteiger partial charge in [-0.2, -0.15) is 0 Å². The zero-order valence-corrected chi connectivity index (χ0v) is 15.3. The highest BCUT2D eigenvalue weighted by Crippen LogP contribution is 2.65. The molecule has 2 nitrogen and oxygen atoms in total. The maximum absolute atomic E-state index is 11.6. The van der Waals surface area contributed by atoms with Gasteiger partial charge < -0.3 is 10.2 Å². The molecule has 2 heteroatoms. The van der Waals surface area contributed by atoms with Crippen molar-refractivity contribution in [3.05, 3.63) is 0 Å². The first-order valence-corrected chi connectivity index (χ1v) is 10.3. The molecule has 0 aliphatic heterocycles. The smallest absolute Gasteiger partial charge is 0.0706 e. The molecule has 0 amide bonds. The molecule has 4 fully saturated rings. The van der Waals surface area contributed by atoms with E-state index in [1.165, 1.54) is 51.4 Å². The van der Waals surface area contributed by atoms with E-state index in [0.29, 0.717) is 29.1 Å². The predicted octanol–water partition coefficient (Wildman–Crippen LogP) is 4.39. The fraction of sp³-hybridized carbons (Fsp3) is 1.00. The van der Waals surface area contributed by atoms with Gasteiger partial charge in [0.15, 0.2) is 0 Å². The summed E-state index contributed by atoms with van der Waals surface area (Å²) in [5.41, 5.74) is -0.0415. The molecule has 4 aliphatic rings. The van der Waals surface area contributed by atoms with Crippen LogP contribution in [0.3, 0.4) is 0 Å². The van der Waals surface area contributed by atoms with Gasteiger partial charge in [-0.3, -0.25) is 0 Å². The second-order valence-corrected chi connectivity index (χ2v) is 9.99. The summed E-state index contributed by atoms with van der Waals surface area (Å²) in [6.45, 7) is 6.82. The Morgan fingerprint density at radius 2 is 1.74 bits per heavy atom. The van der Waals surface area contributed by atoms with Crippen LogP contribution in [0.1, 0.15) is 78.6 Å². The summed E-state index contributed by atoms with van der Waals surface area (Å²) in [6, 6.07) is 0. The molecule has 0 bridgehead atoms. The highest BCUT2D eigenvalue weighted by atomic mass is 16.3. The van der Waals surface area contributed by atoms with Crippen LogP contribution in [0.15, 0.2) is 0 Å². The quantitative estimate of drug-likeness (QED) is 0.752. The summed E-state index contributed by atoms with van der Waals surface area (Å²) in [5.74, 6) is 3.84. The fourth-order valence-corrected chi connectivity index (χ4v) is 7.88. The molecule has 23 heavy (non-hydrogen) atoms. The van der Waals surface area contributed by atoms with E-state index >= 15 is 0 Å². The molecule has 0 aromatic carbocycles. The van der Waals surface area contributed by atoms with E-state index in [1.807, 2.05) is 6.92 Å². The van der Waals surface area contributed by atoms with Gasteiger partial charge in [0.1, 0.15) is 0 Å². The van der Waals surface area contributed by atoms with E-state index in [1.54, 1.807) is 0 Å². The van der Waals surface area contributed by atoms with Crippen LogP contribution in [0.4, 0.5) is 0 Å². The molecule has 4 rings (SSSR count). The normalized spacial score (nSPS) is 57.3. The van der Waals surface area contributed by atoms with Crippen LogP contribution in [-0.2, 0) is 0 Å². The molecule has 2 N–H and O–H groups in total. The lowest BCUT2D eigenvalue weighted by atomic mass is 9.47. The number of hydrogen-bond donors (Lipinski definition) is 2. The van der Waals surface area contributed by atoms with Crippen LogP contribution < -0.4 is 0 Å². The van der Waals surface area contributed by atoms with E-state index in [-0.39, 0.29) is 11.7 Å². The van der Waals surface area contributed by atoms with Crippen molar-refractivity contribution in [3.63, 3.8) is 0 Å². The third-order valence-corrected chi connectivity index (χ3v) is 9.01. The van der Waals surface area contributed by atoms with Crippen molar-refractivity contribution in [3.8, 4) is 0 Å². The Balaban J connectivity index is 1.60. The second kappa shape index (κ2) is 5.46. The Bertz CT molecular complexity index is 461. The van der Waals surface area contributed by atoms with Crippen molar-refractivity contribution in [1.82, 2.24) is 0 Å². The third kappa shape index (κ3) is 2.27. The summed E-state index contributed by atoms with van der Waals surface area (Å²) in [6.07, 6.45) is 10.8. The largest absolute Gasteiger partial charge is 0.393 e. The number of rotatable bonds is 1. The molecule has 0 aromatic heterocycles. The van der Waals surface area contributed by atoms with Crippen LogP contribution in [0.5, 0.6) is 0 Å². The molecule has 0 radical (unpaired) electrons. The van der Waals surface area contributed by atoms with Gasteiger partial charge in [-0.15, -0.1) is 0 Å².